The molecule has 0 spiro atoms. The lowest BCUT2D eigenvalue weighted by Gasteiger charge is -2.25. The SMILES string of the molecule is CCCN1C(=O)C(=O)/C(=C(/O)c2ccc3c(c2)OCO3)C1c1ccc(OC)c(OC)c1. The number of methoxy groups -OCH3 is 2. The Morgan fingerprint density at radius 2 is 1.81 bits per heavy atom. The number of rotatable bonds is 6. The zero-order chi connectivity index (χ0) is 22.1. The molecule has 2 heterocycles. The number of aliphatic hydroxyl groups excluding tert-OH is 1. The van der Waals surface area contributed by atoms with E-state index in [-0.39, 0.29) is 18.1 Å². The molecule has 1 unspecified atom stereocenters. The van der Waals surface area contributed by atoms with Crippen LogP contribution in [0.4, 0.5) is 0 Å². The molecule has 1 fully saturated rings. The van der Waals surface area contributed by atoms with Crippen LogP contribution in [0.15, 0.2) is 42.0 Å². The summed E-state index contributed by atoms with van der Waals surface area (Å²) in [4.78, 5) is 27.3. The molecule has 31 heavy (non-hydrogen) atoms. The molecule has 0 radical (unpaired) electrons. The number of fused-ring (bicyclic) bond motifs is 1. The van der Waals surface area contributed by atoms with Crippen LogP contribution in [0.25, 0.3) is 5.76 Å². The van der Waals surface area contributed by atoms with Gasteiger partial charge in [-0.25, -0.2) is 0 Å². The number of hydrogen-bond donors (Lipinski definition) is 1. The summed E-state index contributed by atoms with van der Waals surface area (Å²) in [5.74, 6) is 0.357. The maximum atomic E-state index is 13.0. The van der Waals surface area contributed by atoms with Crippen LogP contribution < -0.4 is 18.9 Å². The van der Waals surface area contributed by atoms with E-state index < -0.39 is 17.7 Å². The van der Waals surface area contributed by atoms with Gasteiger partial charge in [0.1, 0.15) is 5.76 Å². The number of carbonyl (C=O) groups excluding carboxylic acids is 2. The van der Waals surface area contributed by atoms with Crippen molar-refractivity contribution in [1.29, 1.82) is 0 Å². The molecular weight excluding hydrogens is 402 g/mol. The second-order valence-electron chi connectivity index (χ2n) is 7.17. The van der Waals surface area contributed by atoms with Gasteiger partial charge in [0.15, 0.2) is 23.0 Å². The van der Waals surface area contributed by atoms with Crippen LogP contribution in [0.5, 0.6) is 23.0 Å². The molecule has 0 aliphatic carbocycles. The lowest BCUT2D eigenvalue weighted by Crippen LogP contribution is -2.30. The van der Waals surface area contributed by atoms with Gasteiger partial charge >= 0.3 is 0 Å². The average Bonchev–Trinajstić information content (AvgIpc) is 3.36. The van der Waals surface area contributed by atoms with Gasteiger partial charge in [0.05, 0.1) is 25.8 Å². The van der Waals surface area contributed by atoms with Gasteiger partial charge in [0.2, 0.25) is 6.79 Å². The van der Waals surface area contributed by atoms with E-state index in [1.807, 2.05) is 6.92 Å². The second kappa shape index (κ2) is 8.22. The Balaban J connectivity index is 1.87. The first kappa shape index (κ1) is 20.6. The quantitative estimate of drug-likeness (QED) is 0.431. The average molecular weight is 425 g/mol. The Hall–Kier alpha value is -3.68. The van der Waals surface area contributed by atoms with Gasteiger partial charge in [-0.2, -0.15) is 0 Å². The zero-order valence-corrected chi connectivity index (χ0v) is 17.5. The van der Waals surface area contributed by atoms with Crippen LogP contribution in [-0.4, -0.2) is 49.3 Å². The monoisotopic (exact) mass is 425 g/mol. The largest absolute Gasteiger partial charge is 0.507 e. The van der Waals surface area contributed by atoms with Crippen molar-refractivity contribution in [2.75, 3.05) is 27.6 Å². The predicted octanol–water partition coefficient (Wildman–Crippen LogP) is 3.26. The van der Waals surface area contributed by atoms with Crippen LogP contribution in [0.2, 0.25) is 0 Å². The molecule has 1 N–H and O–H groups in total. The van der Waals surface area contributed by atoms with Crippen molar-refractivity contribution < 1.29 is 33.6 Å². The fraction of sp³-hybridized carbons (Fsp3) is 0.304. The van der Waals surface area contributed by atoms with Crippen LogP contribution in [0.1, 0.15) is 30.5 Å². The topological polar surface area (TPSA) is 94.5 Å². The van der Waals surface area contributed by atoms with E-state index in [0.29, 0.717) is 47.1 Å². The number of Topliss-reactive ketones (excluding diaryl/α,β-unsaturated/α-hetero) is 1. The highest BCUT2D eigenvalue weighted by atomic mass is 16.7. The predicted molar refractivity (Wildman–Crippen MR) is 111 cm³/mol. The third-order valence-corrected chi connectivity index (χ3v) is 5.37. The molecule has 2 aliphatic rings. The smallest absolute Gasteiger partial charge is 0.295 e. The van der Waals surface area contributed by atoms with E-state index in [2.05, 4.69) is 0 Å². The van der Waals surface area contributed by atoms with Crippen LogP contribution in [-0.2, 0) is 9.59 Å². The fourth-order valence-electron chi connectivity index (χ4n) is 3.92. The molecule has 2 aliphatic heterocycles. The lowest BCUT2D eigenvalue weighted by molar-refractivity contribution is -0.139. The lowest BCUT2D eigenvalue weighted by atomic mass is 9.94. The number of likely N-dealkylation sites (tertiary alicyclic amines) is 1. The normalized spacial score (nSPS) is 19.1. The van der Waals surface area contributed by atoms with Gasteiger partial charge in [0.25, 0.3) is 11.7 Å². The Bertz CT molecular complexity index is 1080. The molecule has 4 rings (SSSR count). The number of aliphatic hydroxyl groups is 1. The van der Waals surface area contributed by atoms with Crippen molar-refractivity contribution in [3.8, 4) is 23.0 Å². The summed E-state index contributed by atoms with van der Waals surface area (Å²) in [7, 11) is 3.04. The first-order valence-electron chi connectivity index (χ1n) is 9.90. The van der Waals surface area contributed by atoms with E-state index >= 15 is 0 Å². The summed E-state index contributed by atoms with van der Waals surface area (Å²) in [6.45, 7) is 2.37. The number of carbonyl (C=O) groups is 2. The fourth-order valence-corrected chi connectivity index (χ4v) is 3.92. The first-order chi connectivity index (χ1) is 15.0. The summed E-state index contributed by atoms with van der Waals surface area (Å²) in [5, 5.41) is 11.1. The highest BCUT2D eigenvalue weighted by Crippen LogP contribution is 2.43. The van der Waals surface area contributed by atoms with Crippen molar-refractivity contribution in [1.82, 2.24) is 4.90 Å². The molecule has 1 atom stereocenters. The molecule has 2 aromatic rings. The Morgan fingerprint density at radius 1 is 1.06 bits per heavy atom. The third-order valence-electron chi connectivity index (χ3n) is 5.37. The van der Waals surface area contributed by atoms with Gasteiger partial charge in [-0.1, -0.05) is 13.0 Å². The Kier molecular flexibility index (Phi) is 5.46. The highest BCUT2D eigenvalue weighted by Gasteiger charge is 2.46. The van der Waals surface area contributed by atoms with E-state index in [4.69, 9.17) is 18.9 Å². The summed E-state index contributed by atoms with van der Waals surface area (Å²) in [6.07, 6.45) is 0.654. The van der Waals surface area contributed by atoms with E-state index in [9.17, 15) is 14.7 Å². The Labute approximate surface area is 179 Å². The number of benzene rings is 2. The molecule has 0 saturated carbocycles. The van der Waals surface area contributed by atoms with Gasteiger partial charge < -0.3 is 29.0 Å². The summed E-state index contributed by atoms with van der Waals surface area (Å²) in [6, 6.07) is 9.30. The van der Waals surface area contributed by atoms with E-state index in [1.54, 1.807) is 36.4 Å². The van der Waals surface area contributed by atoms with Gasteiger partial charge in [-0.05, 0) is 42.3 Å². The van der Waals surface area contributed by atoms with Crippen molar-refractivity contribution in [3.05, 3.63) is 53.1 Å². The molecule has 8 nitrogen and oxygen atoms in total. The van der Waals surface area contributed by atoms with Crippen LogP contribution in [0.3, 0.4) is 0 Å². The van der Waals surface area contributed by atoms with Gasteiger partial charge in [-0.15, -0.1) is 0 Å². The molecule has 0 aromatic heterocycles. The number of ether oxygens (including phenoxy) is 4. The van der Waals surface area contributed by atoms with Gasteiger partial charge in [0, 0.05) is 12.1 Å². The second-order valence-corrected chi connectivity index (χ2v) is 7.17. The van der Waals surface area contributed by atoms with Crippen molar-refractivity contribution in [2.45, 2.75) is 19.4 Å². The minimum Gasteiger partial charge on any atom is -0.507 e. The summed E-state index contributed by atoms with van der Waals surface area (Å²) >= 11 is 0. The molecular formula is C23H23NO7. The minimum absolute atomic E-state index is 0.0181. The summed E-state index contributed by atoms with van der Waals surface area (Å²) < 4.78 is 21.4. The van der Waals surface area contributed by atoms with Gasteiger partial charge in [-0.3, -0.25) is 9.59 Å². The number of hydrogen-bond acceptors (Lipinski definition) is 7. The van der Waals surface area contributed by atoms with Crippen LogP contribution >= 0.6 is 0 Å². The molecule has 0 bridgehead atoms. The number of ketones is 1. The Morgan fingerprint density at radius 3 is 2.52 bits per heavy atom. The third kappa shape index (κ3) is 3.43. The van der Waals surface area contributed by atoms with Crippen molar-refractivity contribution in [2.24, 2.45) is 0 Å². The maximum Gasteiger partial charge on any atom is 0.295 e. The highest BCUT2D eigenvalue weighted by molar-refractivity contribution is 6.46. The minimum atomic E-state index is -0.759. The van der Waals surface area contributed by atoms with Crippen LogP contribution in [0, 0.1) is 0 Å². The number of nitrogens with zero attached hydrogens (tertiary/aromatic N) is 1. The molecule has 162 valence electrons. The van der Waals surface area contributed by atoms with Crippen molar-refractivity contribution >= 4 is 17.4 Å². The maximum absolute atomic E-state index is 13.0. The molecule has 8 heteroatoms. The standard InChI is InChI=1S/C23H23NO7/c1-4-9-24-20(13-5-7-15(28-2)17(10-13)29-3)19(22(26)23(24)27)21(25)14-6-8-16-18(11-14)31-12-30-16/h5-8,10-11,20,25H,4,9,12H2,1-3H3/b21-19+. The van der Waals surface area contributed by atoms with Crippen molar-refractivity contribution in [3.63, 3.8) is 0 Å². The summed E-state index contributed by atoms with van der Waals surface area (Å²) in [5.41, 5.74) is 1.02. The zero-order valence-electron chi connectivity index (χ0n) is 17.5. The van der Waals surface area contributed by atoms with E-state index in [1.165, 1.54) is 19.1 Å². The van der Waals surface area contributed by atoms with E-state index in [0.717, 1.165) is 0 Å². The first-order valence-corrected chi connectivity index (χ1v) is 9.90. The molecule has 1 saturated heterocycles. The molecule has 2 aromatic carbocycles. The molecule has 1 amide bonds. The number of amides is 1.